The van der Waals surface area contributed by atoms with Gasteiger partial charge >= 0.3 is 5.69 Å². The Labute approximate surface area is 252 Å². The number of nitrogens with one attached hydrogen (secondary N) is 1. The highest BCUT2D eigenvalue weighted by Gasteiger charge is 2.27. The molecule has 0 unspecified atom stereocenters. The van der Waals surface area contributed by atoms with E-state index in [1.807, 2.05) is 51.1 Å². The lowest BCUT2D eigenvalue weighted by Crippen LogP contribution is -2.45. The molecular formula is C33H44N6O4. The second-order valence-electron chi connectivity index (χ2n) is 11.3. The highest BCUT2D eigenvalue weighted by molar-refractivity contribution is 5.93. The molecule has 10 heteroatoms. The van der Waals surface area contributed by atoms with Crippen LogP contribution in [0.25, 0.3) is 21.8 Å². The third-order valence-corrected chi connectivity index (χ3v) is 8.24. The monoisotopic (exact) mass is 588 g/mol. The average Bonchev–Trinajstić information content (AvgIpc) is 3.00. The summed E-state index contributed by atoms with van der Waals surface area (Å²) in [6.07, 6.45) is 5.91. The van der Waals surface area contributed by atoms with E-state index in [2.05, 4.69) is 17.1 Å². The lowest BCUT2D eigenvalue weighted by molar-refractivity contribution is 0.288. The number of hydrogen-bond donors (Lipinski definition) is 1. The van der Waals surface area contributed by atoms with Gasteiger partial charge in [-0.05, 0) is 58.2 Å². The number of aromatic nitrogens is 4. The maximum absolute atomic E-state index is 13.6. The van der Waals surface area contributed by atoms with Crippen molar-refractivity contribution in [1.29, 1.82) is 0 Å². The summed E-state index contributed by atoms with van der Waals surface area (Å²) in [7, 11) is 1.74. The molecule has 4 aromatic rings. The molecule has 1 aliphatic heterocycles. The predicted molar refractivity (Wildman–Crippen MR) is 173 cm³/mol. The van der Waals surface area contributed by atoms with E-state index in [-0.39, 0.29) is 17.3 Å². The molecule has 230 valence electrons. The Hall–Kier alpha value is -4.08. The SMILES string of the molecule is CCCCCCNc1nc(N2CCC(n3c(=O)c4cc(C)ccc4n(C)c3=O)CC2)c2cc(OCC)c(OCC)cc2n1. The number of fused-ring (bicyclic) bond motifs is 2. The molecule has 1 N–H and O–H groups in total. The van der Waals surface area contributed by atoms with Crippen LogP contribution in [-0.2, 0) is 7.05 Å². The fourth-order valence-electron chi connectivity index (χ4n) is 5.98. The first-order chi connectivity index (χ1) is 20.9. The largest absolute Gasteiger partial charge is 0.490 e. The first-order valence-corrected chi connectivity index (χ1v) is 15.7. The molecule has 0 aliphatic carbocycles. The van der Waals surface area contributed by atoms with Crippen molar-refractivity contribution < 1.29 is 9.47 Å². The van der Waals surface area contributed by atoms with Gasteiger partial charge < -0.3 is 19.7 Å². The summed E-state index contributed by atoms with van der Waals surface area (Å²) < 4.78 is 14.9. The van der Waals surface area contributed by atoms with Gasteiger partial charge in [0.25, 0.3) is 5.56 Å². The van der Waals surface area contributed by atoms with Gasteiger partial charge in [-0.3, -0.25) is 13.9 Å². The van der Waals surface area contributed by atoms with Crippen molar-refractivity contribution in [3.63, 3.8) is 0 Å². The molecular weight excluding hydrogens is 544 g/mol. The number of unbranched alkanes of at least 4 members (excludes halogenated alkanes) is 3. The number of anilines is 2. The highest BCUT2D eigenvalue weighted by Crippen LogP contribution is 2.37. The molecule has 0 spiro atoms. The molecule has 1 saturated heterocycles. The predicted octanol–water partition coefficient (Wildman–Crippen LogP) is 5.58. The Morgan fingerprint density at radius 1 is 0.907 bits per heavy atom. The second kappa shape index (κ2) is 13.5. The first-order valence-electron chi connectivity index (χ1n) is 15.7. The molecule has 5 rings (SSSR count). The van der Waals surface area contributed by atoms with E-state index in [4.69, 9.17) is 19.4 Å². The average molecular weight is 589 g/mol. The van der Waals surface area contributed by atoms with Gasteiger partial charge in [-0.25, -0.2) is 9.78 Å². The maximum Gasteiger partial charge on any atom is 0.331 e. The molecule has 0 saturated carbocycles. The summed E-state index contributed by atoms with van der Waals surface area (Å²) in [6.45, 7) is 11.2. The molecule has 2 aromatic heterocycles. The summed E-state index contributed by atoms with van der Waals surface area (Å²) in [5.41, 5.74) is 1.95. The smallest absolute Gasteiger partial charge is 0.331 e. The number of aryl methyl sites for hydroxylation is 2. The molecule has 3 heterocycles. The van der Waals surface area contributed by atoms with E-state index in [9.17, 15) is 9.59 Å². The first kappa shape index (κ1) is 30.4. The zero-order valence-corrected chi connectivity index (χ0v) is 26.1. The number of rotatable bonds is 12. The van der Waals surface area contributed by atoms with E-state index in [1.165, 1.54) is 17.4 Å². The number of benzene rings is 2. The van der Waals surface area contributed by atoms with E-state index >= 15 is 0 Å². The van der Waals surface area contributed by atoms with Crippen molar-refractivity contribution in [1.82, 2.24) is 19.1 Å². The highest BCUT2D eigenvalue weighted by atomic mass is 16.5. The summed E-state index contributed by atoms with van der Waals surface area (Å²) >= 11 is 0. The normalized spacial score (nSPS) is 14.0. The van der Waals surface area contributed by atoms with Crippen LogP contribution >= 0.6 is 0 Å². The summed E-state index contributed by atoms with van der Waals surface area (Å²) in [5.74, 6) is 2.73. The maximum atomic E-state index is 13.6. The molecule has 0 bridgehead atoms. The minimum atomic E-state index is -0.272. The zero-order valence-electron chi connectivity index (χ0n) is 26.1. The van der Waals surface area contributed by atoms with Gasteiger partial charge in [0.2, 0.25) is 5.95 Å². The third-order valence-electron chi connectivity index (χ3n) is 8.24. The molecule has 2 aromatic carbocycles. The van der Waals surface area contributed by atoms with E-state index in [0.717, 1.165) is 41.7 Å². The minimum Gasteiger partial charge on any atom is -0.490 e. The van der Waals surface area contributed by atoms with Gasteiger partial charge in [0.1, 0.15) is 5.82 Å². The quantitative estimate of drug-likeness (QED) is 0.214. The molecule has 10 nitrogen and oxygen atoms in total. The Bertz CT molecular complexity index is 1700. The van der Waals surface area contributed by atoms with Gasteiger partial charge in [0, 0.05) is 44.2 Å². The Morgan fingerprint density at radius 3 is 2.33 bits per heavy atom. The Morgan fingerprint density at radius 2 is 1.63 bits per heavy atom. The van der Waals surface area contributed by atoms with Crippen LogP contribution in [0.15, 0.2) is 39.9 Å². The Kier molecular flexibility index (Phi) is 9.52. The molecule has 43 heavy (non-hydrogen) atoms. The van der Waals surface area contributed by atoms with Gasteiger partial charge in [0.05, 0.1) is 29.6 Å². The number of ether oxygens (including phenoxy) is 2. The fraction of sp³-hybridized carbons (Fsp3) is 0.515. The van der Waals surface area contributed by atoms with E-state index < -0.39 is 0 Å². The van der Waals surface area contributed by atoms with Crippen molar-refractivity contribution in [3.05, 3.63) is 56.7 Å². The van der Waals surface area contributed by atoms with Gasteiger partial charge in [-0.1, -0.05) is 37.8 Å². The summed E-state index contributed by atoms with van der Waals surface area (Å²) in [5, 5.41) is 4.90. The topological polar surface area (TPSA) is 104 Å². The van der Waals surface area contributed by atoms with Crippen LogP contribution in [0, 0.1) is 6.92 Å². The van der Waals surface area contributed by atoms with Crippen LogP contribution in [0.5, 0.6) is 11.5 Å². The summed E-state index contributed by atoms with van der Waals surface area (Å²) in [6, 6.07) is 9.37. The Balaban J connectivity index is 1.48. The van der Waals surface area contributed by atoms with Crippen LogP contribution in [0.1, 0.15) is 70.9 Å². The van der Waals surface area contributed by atoms with Crippen LogP contribution in [-0.4, -0.2) is 52.0 Å². The lowest BCUT2D eigenvalue weighted by Gasteiger charge is -2.34. The van der Waals surface area contributed by atoms with Crippen molar-refractivity contribution in [3.8, 4) is 11.5 Å². The molecule has 1 aliphatic rings. The van der Waals surface area contributed by atoms with Crippen LogP contribution in [0.2, 0.25) is 0 Å². The van der Waals surface area contributed by atoms with Crippen molar-refractivity contribution in [2.75, 3.05) is 43.1 Å². The van der Waals surface area contributed by atoms with Crippen molar-refractivity contribution in [2.45, 2.75) is 72.3 Å². The van der Waals surface area contributed by atoms with Crippen molar-refractivity contribution >= 4 is 33.6 Å². The van der Waals surface area contributed by atoms with Gasteiger partial charge in [-0.2, -0.15) is 4.98 Å². The van der Waals surface area contributed by atoms with Crippen LogP contribution in [0.4, 0.5) is 11.8 Å². The fourth-order valence-corrected chi connectivity index (χ4v) is 5.98. The zero-order chi connectivity index (χ0) is 30.5. The molecule has 1 fully saturated rings. The van der Waals surface area contributed by atoms with E-state index in [1.54, 1.807) is 11.6 Å². The van der Waals surface area contributed by atoms with E-state index in [0.29, 0.717) is 67.5 Å². The summed E-state index contributed by atoms with van der Waals surface area (Å²) in [4.78, 5) is 39.0. The number of hydrogen-bond acceptors (Lipinski definition) is 8. The lowest BCUT2D eigenvalue weighted by atomic mass is 10.0. The third kappa shape index (κ3) is 6.33. The van der Waals surface area contributed by atoms with Gasteiger partial charge in [-0.15, -0.1) is 0 Å². The number of piperidine rings is 1. The van der Waals surface area contributed by atoms with Crippen molar-refractivity contribution in [2.24, 2.45) is 7.05 Å². The van der Waals surface area contributed by atoms with Gasteiger partial charge in [0.15, 0.2) is 11.5 Å². The van der Waals surface area contributed by atoms with Crippen LogP contribution < -0.4 is 30.9 Å². The number of nitrogens with zero attached hydrogens (tertiary/aromatic N) is 5. The second-order valence-corrected chi connectivity index (χ2v) is 11.3. The van der Waals surface area contributed by atoms with Crippen LogP contribution in [0.3, 0.4) is 0 Å². The standard InChI is InChI=1S/C33H44N6O4/c1-6-9-10-11-16-34-32-35-26-21-29(43-8-3)28(42-7-2)20-24(26)30(36-32)38-17-14-23(15-18-38)39-31(40)25-19-22(4)12-13-27(25)37(5)33(39)41/h12-13,19-21,23H,6-11,14-18H2,1-5H3,(H,34,35,36). The molecule has 0 atom stereocenters. The minimum absolute atomic E-state index is 0.194. The molecule has 0 amide bonds. The molecule has 0 radical (unpaired) electrons.